The molecule has 0 unspecified atom stereocenters. The van der Waals surface area contributed by atoms with Crippen molar-refractivity contribution in [2.75, 3.05) is 6.54 Å². The summed E-state index contributed by atoms with van der Waals surface area (Å²) < 4.78 is 0. The van der Waals surface area contributed by atoms with Crippen LogP contribution in [0, 0.1) is 0 Å². The van der Waals surface area contributed by atoms with E-state index in [1.807, 2.05) is 0 Å². The lowest BCUT2D eigenvalue weighted by atomic mass is 10.0. The molecule has 2 saturated heterocycles. The molecule has 0 aromatic heterocycles. The minimum Gasteiger partial charge on any atom is -0.298 e. The molecule has 58 valence electrons. The Morgan fingerprint density at radius 1 is 1.10 bits per heavy atom. The molecule has 0 aromatic rings. The van der Waals surface area contributed by atoms with Crippen LogP contribution in [0.1, 0.15) is 39.0 Å². The Morgan fingerprint density at radius 2 is 2.00 bits per heavy atom. The normalized spacial score (nSPS) is 41.7. The quantitative estimate of drug-likeness (QED) is 0.496. The molecule has 2 aliphatic heterocycles. The lowest BCUT2D eigenvalue weighted by Crippen LogP contribution is -2.38. The number of nitrogens with zero attached hydrogens (tertiary/aromatic N) is 1. The van der Waals surface area contributed by atoms with Crippen LogP contribution in [-0.4, -0.2) is 23.5 Å². The van der Waals surface area contributed by atoms with E-state index in [1.165, 1.54) is 38.6 Å². The first kappa shape index (κ1) is 6.66. The molecule has 0 amide bonds. The molecule has 0 spiro atoms. The molecule has 0 bridgehead atoms. The second-order valence-corrected chi connectivity index (χ2v) is 3.81. The van der Waals surface area contributed by atoms with Gasteiger partial charge >= 0.3 is 0 Å². The highest BCUT2D eigenvalue weighted by Crippen LogP contribution is 2.30. The predicted molar refractivity (Wildman–Crippen MR) is 43.0 cm³/mol. The van der Waals surface area contributed by atoms with Crippen molar-refractivity contribution in [1.82, 2.24) is 4.90 Å². The predicted octanol–water partition coefficient (Wildman–Crippen LogP) is 2.02. The molecule has 0 saturated carbocycles. The van der Waals surface area contributed by atoms with E-state index >= 15 is 0 Å². The van der Waals surface area contributed by atoms with E-state index in [2.05, 4.69) is 11.8 Å². The summed E-state index contributed by atoms with van der Waals surface area (Å²) in [7, 11) is 0. The summed E-state index contributed by atoms with van der Waals surface area (Å²) in [6.07, 6.45) is 7.32. The van der Waals surface area contributed by atoms with E-state index in [0.717, 1.165) is 12.1 Å². The van der Waals surface area contributed by atoms with Gasteiger partial charge in [0.25, 0.3) is 0 Å². The fraction of sp³-hybridized carbons (Fsp3) is 1.00. The zero-order valence-corrected chi connectivity index (χ0v) is 6.84. The SMILES string of the molecule is C[C@H]1CC[C@@H]2CCCCN21. The molecule has 2 heterocycles. The smallest absolute Gasteiger partial charge is 0.00986 e. The number of piperidine rings is 1. The summed E-state index contributed by atoms with van der Waals surface area (Å²) in [5, 5.41) is 0. The maximum Gasteiger partial charge on any atom is 0.00986 e. The monoisotopic (exact) mass is 139 g/mol. The first-order chi connectivity index (χ1) is 4.88. The number of rotatable bonds is 0. The Labute approximate surface area is 63.4 Å². The highest BCUT2D eigenvalue weighted by molar-refractivity contribution is 4.87. The van der Waals surface area contributed by atoms with Crippen LogP contribution in [-0.2, 0) is 0 Å². The van der Waals surface area contributed by atoms with Crippen molar-refractivity contribution >= 4 is 0 Å². The molecule has 2 rings (SSSR count). The van der Waals surface area contributed by atoms with Gasteiger partial charge in [0.1, 0.15) is 0 Å². The Hall–Kier alpha value is -0.0400. The fourth-order valence-corrected chi connectivity index (χ4v) is 2.51. The fourth-order valence-electron chi connectivity index (χ4n) is 2.51. The molecule has 1 heteroatoms. The molecule has 10 heavy (non-hydrogen) atoms. The van der Waals surface area contributed by atoms with Gasteiger partial charge in [-0.2, -0.15) is 0 Å². The van der Waals surface area contributed by atoms with Crippen LogP contribution in [0.3, 0.4) is 0 Å². The van der Waals surface area contributed by atoms with Crippen LogP contribution < -0.4 is 0 Å². The summed E-state index contributed by atoms with van der Waals surface area (Å²) in [5.41, 5.74) is 0. The maximum atomic E-state index is 2.71. The van der Waals surface area contributed by atoms with Gasteiger partial charge in [-0.15, -0.1) is 0 Å². The van der Waals surface area contributed by atoms with Gasteiger partial charge in [0.15, 0.2) is 0 Å². The van der Waals surface area contributed by atoms with Gasteiger partial charge in [0.05, 0.1) is 0 Å². The van der Waals surface area contributed by atoms with Gasteiger partial charge in [-0.25, -0.2) is 0 Å². The van der Waals surface area contributed by atoms with E-state index in [-0.39, 0.29) is 0 Å². The van der Waals surface area contributed by atoms with Crippen molar-refractivity contribution in [2.24, 2.45) is 0 Å². The second kappa shape index (κ2) is 2.54. The zero-order valence-electron chi connectivity index (χ0n) is 6.84. The van der Waals surface area contributed by atoms with Crippen molar-refractivity contribution in [3.05, 3.63) is 0 Å². The number of fused-ring (bicyclic) bond motifs is 1. The lowest BCUT2D eigenvalue weighted by Gasteiger charge is -2.32. The number of hydrogen-bond donors (Lipinski definition) is 0. The van der Waals surface area contributed by atoms with Crippen LogP contribution in [0.15, 0.2) is 0 Å². The Kier molecular flexibility index (Phi) is 1.69. The summed E-state index contributed by atoms with van der Waals surface area (Å²) in [6, 6.07) is 1.87. The topological polar surface area (TPSA) is 3.24 Å². The Bertz CT molecular complexity index is 120. The third kappa shape index (κ3) is 0.968. The first-order valence-electron chi connectivity index (χ1n) is 4.63. The van der Waals surface area contributed by atoms with Gasteiger partial charge in [-0.1, -0.05) is 6.42 Å². The Morgan fingerprint density at radius 3 is 2.80 bits per heavy atom. The van der Waals surface area contributed by atoms with Crippen molar-refractivity contribution in [3.8, 4) is 0 Å². The first-order valence-corrected chi connectivity index (χ1v) is 4.63. The van der Waals surface area contributed by atoms with Crippen molar-refractivity contribution in [3.63, 3.8) is 0 Å². The third-order valence-electron chi connectivity index (χ3n) is 3.16. The average molecular weight is 139 g/mol. The van der Waals surface area contributed by atoms with Gasteiger partial charge in [0.2, 0.25) is 0 Å². The van der Waals surface area contributed by atoms with Crippen LogP contribution in [0.4, 0.5) is 0 Å². The largest absolute Gasteiger partial charge is 0.298 e. The molecule has 2 aliphatic rings. The summed E-state index contributed by atoms with van der Waals surface area (Å²) in [6.45, 7) is 3.76. The maximum absolute atomic E-state index is 2.71. The molecule has 0 radical (unpaired) electrons. The molecular formula is C9H17N. The van der Waals surface area contributed by atoms with E-state index in [4.69, 9.17) is 0 Å². The minimum atomic E-state index is 0.894. The standard InChI is InChI=1S/C9H17N/c1-8-5-6-9-4-2-3-7-10(8)9/h8-9H,2-7H2,1H3/t8-,9-/m0/s1. The second-order valence-electron chi connectivity index (χ2n) is 3.81. The average Bonchev–Trinajstić information content (AvgIpc) is 2.34. The van der Waals surface area contributed by atoms with Gasteiger partial charge < -0.3 is 0 Å². The van der Waals surface area contributed by atoms with Crippen molar-refractivity contribution in [2.45, 2.75) is 51.1 Å². The molecule has 0 aromatic carbocycles. The van der Waals surface area contributed by atoms with E-state index < -0.39 is 0 Å². The van der Waals surface area contributed by atoms with Crippen LogP contribution in [0.25, 0.3) is 0 Å². The molecule has 0 N–H and O–H groups in total. The van der Waals surface area contributed by atoms with E-state index in [9.17, 15) is 0 Å². The van der Waals surface area contributed by atoms with Crippen LogP contribution in [0.2, 0.25) is 0 Å². The Balaban J connectivity index is 2.01. The molecular weight excluding hydrogens is 122 g/mol. The highest BCUT2D eigenvalue weighted by Gasteiger charge is 2.31. The zero-order chi connectivity index (χ0) is 6.97. The lowest BCUT2D eigenvalue weighted by molar-refractivity contribution is 0.158. The van der Waals surface area contributed by atoms with Crippen LogP contribution >= 0.6 is 0 Å². The summed E-state index contributed by atoms with van der Waals surface area (Å²) >= 11 is 0. The summed E-state index contributed by atoms with van der Waals surface area (Å²) in [4.78, 5) is 2.71. The molecule has 1 nitrogen and oxygen atoms in total. The third-order valence-corrected chi connectivity index (χ3v) is 3.16. The minimum absolute atomic E-state index is 0.894. The van der Waals surface area contributed by atoms with Gasteiger partial charge in [0, 0.05) is 12.1 Å². The van der Waals surface area contributed by atoms with Gasteiger partial charge in [-0.3, -0.25) is 4.90 Å². The highest BCUT2D eigenvalue weighted by atomic mass is 15.2. The van der Waals surface area contributed by atoms with Crippen molar-refractivity contribution < 1.29 is 0 Å². The molecule has 2 atom stereocenters. The molecule has 2 fully saturated rings. The molecule has 0 aliphatic carbocycles. The van der Waals surface area contributed by atoms with Crippen molar-refractivity contribution in [1.29, 1.82) is 0 Å². The van der Waals surface area contributed by atoms with E-state index in [1.54, 1.807) is 0 Å². The van der Waals surface area contributed by atoms with E-state index in [0.29, 0.717) is 0 Å². The van der Waals surface area contributed by atoms with Gasteiger partial charge in [-0.05, 0) is 39.2 Å². The van der Waals surface area contributed by atoms with Crippen LogP contribution in [0.5, 0.6) is 0 Å². The summed E-state index contributed by atoms with van der Waals surface area (Å²) in [5.74, 6) is 0. The number of hydrogen-bond acceptors (Lipinski definition) is 1.